The summed E-state index contributed by atoms with van der Waals surface area (Å²) >= 11 is 4.86. The Balaban J connectivity index is 1.73. The van der Waals surface area contributed by atoms with Crippen LogP contribution in [0.4, 0.5) is 0 Å². The second-order valence-electron chi connectivity index (χ2n) is 5.53. The van der Waals surface area contributed by atoms with E-state index in [2.05, 4.69) is 62.4 Å². The molecule has 0 fully saturated rings. The number of aromatic nitrogens is 3. The van der Waals surface area contributed by atoms with Gasteiger partial charge in [-0.25, -0.2) is 0 Å². The number of rotatable bonds is 6. The fraction of sp³-hybridized carbons (Fsp3) is 0.167. The lowest BCUT2D eigenvalue weighted by Gasteiger charge is -2.06. The number of ether oxygens (including phenoxy) is 1. The molecule has 0 amide bonds. The molecule has 0 radical (unpaired) electrons. The van der Waals surface area contributed by atoms with E-state index in [0.717, 1.165) is 11.3 Å². The number of nitrogens with zero attached hydrogens (tertiary/aromatic N) is 4. The number of benzene rings is 2. The minimum absolute atomic E-state index is 0.0586. The Morgan fingerprint density at radius 2 is 2.08 bits per heavy atom. The van der Waals surface area contributed by atoms with Gasteiger partial charge in [0.25, 0.3) is 0 Å². The van der Waals surface area contributed by atoms with Gasteiger partial charge in [0.15, 0.2) is 11.5 Å². The highest BCUT2D eigenvalue weighted by atomic mass is 79.9. The van der Waals surface area contributed by atoms with Crippen molar-refractivity contribution in [2.24, 2.45) is 5.10 Å². The van der Waals surface area contributed by atoms with E-state index >= 15 is 0 Å². The van der Waals surface area contributed by atoms with Gasteiger partial charge in [-0.15, -0.1) is 10.2 Å². The molecule has 26 heavy (non-hydrogen) atoms. The van der Waals surface area contributed by atoms with Gasteiger partial charge in [0.1, 0.15) is 6.33 Å². The third-order valence-electron chi connectivity index (χ3n) is 3.59. The van der Waals surface area contributed by atoms with E-state index in [1.54, 1.807) is 41.1 Å². The van der Waals surface area contributed by atoms with Crippen molar-refractivity contribution in [2.45, 2.75) is 17.8 Å². The van der Waals surface area contributed by atoms with Crippen LogP contribution in [0.5, 0.6) is 11.5 Å². The van der Waals surface area contributed by atoms with Crippen LogP contribution in [0.3, 0.4) is 0 Å². The Hall–Kier alpha value is -2.32. The van der Waals surface area contributed by atoms with E-state index in [1.807, 2.05) is 0 Å². The van der Waals surface area contributed by atoms with Crippen LogP contribution in [0.15, 0.2) is 57.5 Å². The SMILES string of the molecule is COc1cc(/C=N/n2cnnc2SCc2ccc(C)cc2)cc(Br)c1O. The summed E-state index contributed by atoms with van der Waals surface area (Å²) in [5.41, 5.74) is 3.23. The quantitative estimate of drug-likeness (QED) is 0.465. The van der Waals surface area contributed by atoms with Crippen molar-refractivity contribution in [2.75, 3.05) is 7.11 Å². The van der Waals surface area contributed by atoms with Crippen molar-refractivity contribution in [3.05, 3.63) is 63.9 Å². The predicted molar refractivity (Wildman–Crippen MR) is 106 cm³/mol. The lowest BCUT2D eigenvalue weighted by molar-refractivity contribution is 0.372. The zero-order valence-electron chi connectivity index (χ0n) is 14.3. The Bertz CT molecular complexity index is 925. The average molecular weight is 433 g/mol. The minimum atomic E-state index is 0.0586. The lowest BCUT2D eigenvalue weighted by atomic mass is 10.2. The van der Waals surface area contributed by atoms with Crippen molar-refractivity contribution in [3.8, 4) is 11.5 Å². The van der Waals surface area contributed by atoms with Crippen LogP contribution in [0.1, 0.15) is 16.7 Å². The number of halogens is 1. The molecule has 0 aliphatic rings. The van der Waals surface area contributed by atoms with Gasteiger partial charge in [-0.1, -0.05) is 41.6 Å². The topological polar surface area (TPSA) is 72.5 Å². The Kier molecular flexibility index (Phi) is 5.95. The van der Waals surface area contributed by atoms with Gasteiger partial charge in [0.2, 0.25) is 5.16 Å². The summed E-state index contributed by atoms with van der Waals surface area (Å²) in [4.78, 5) is 0. The molecule has 134 valence electrons. The van der Waals surface area contributed by atoms with E-state index in [4.69, 9.17) is 4.74 Å². The van der Waals surface area contributed by atoms with Gasteiger partial charge >= 0.3 is 0 Å². The molecule has 3 aromatic rings. The standard InChI is InChI=1S/C18H17BrN4O2S/c1-12-3-5-13(6-4-12)10-26-18-22-20-11-23(18)21-9-14-7-15(19)17(24)16(8-14)25-2/h3-9,11,24H,10H2,1-2H3/b21-9+. The second-order valence-corrected chi connectivity index (χ2v) is 7.33. The van der Waals surface area contributed by atoms with Crippen LogP contribution < -0.4 is 4.74 Å². The first-order valence-corrected chi connectivity index (χ1v) is 9.54. The van der Waals surface area contributed by atoms with Gasteiger partial charge in [-0.05, 0) is 46.1 Å². The zero-order valence-corrected chi connectivity index (χ0v) is 16.7. The molecule has 6 nitrogen and oxygen atoms in total. The van der Waals surface area contributed by atoms with Crippen LogP contribution in [0.2, 0.25) is 0 Å². The molecule has 0 bridgehead atoms. The van der Waals surface area contributed by atoms with E-state index in [-0.39, 0.29) is 5.75 Å². The van der Waals surface area contributed by atoms with Crippen LogP contribution in [0, 0.1) is 6.92 Å². The molecule has 1 aromatic heterocycles. The van der Waals surface area contributed by atoms with Gasteiger partial charge in [-0.3, -0.25) is 0 Å². The van der Waals surface area contributed by atoms with Crippen LogP contribution in [-0.4, -0.2) is 33.3 Å². The molecule has 0 aliphatic heterocycles. The van der Waals surface area contributed by atoms with Gasteiger partial charge in [0.05, 0.1) is 17.8 Å². The molecule has 3 rings (SSSR count). The Morgan fingerprint density at radius 3 is 2.81 bits per heavy atom. The summed E-state index contributed by atoms with van der Waals surface area (Å²) in [6.07, 6.45) is 3.21. The monoisotopic (exact) mass is 432 g/mol. The molecule has 0 saturated carbocycles. The Labute approximate surface area is 164 Å². The van der Waals surface area contributed by atoms with Gasteiger partial charge in [-0.2, -0.15) is 9.78 Å². The summed E-state index contributed by atoms with van der Waals surface area (Å²) in [6.45, 7) is 2.07. The fourth-order valence-corrected chi connectivity index (χ4v) is 3.46. The number of aromatic hydroxyl groups is 1. The largest absolute Gasteiger partial charge is 0.503 e. The summed E-state index contributed by atoms with van der Waals surface area (Å²) in [5.74, 6) is 1.22. The molecule has 1 heterocycles. The van der Waals surface area contributed by atoms with Crippen molar-refractivity contribution in [1.29, 1.82) is 0 Å². The summed E-state index contributed by atoms with van der Waals surface area (Å²) in [5, 5.41) is 23.0. The minimum Gasteiger partial charge on any atom is -0.503 e. The van der Waals surface area contributed by atoms with Crippen LogP contribution >= 0.6 is 27.7 Å². The van der Waals surface area contributed by atoms with E-state index in [1.165, 1.54) is 18.2 Å². The van der Waals surface area contributed by atoms with Gasteiger partial charge < -0.3 is 9.84 Å². The fourth-order valence-electron chi connectivity index (χ4n) is 2.18. The second kappa shape index (κ2) is 8.37. The van der Waals surface area contributed by atoms with Crippen LogP contribution in [-0.2, 0) is 5.75 Å². The summed E-state index contributed by atoms with van der Waals surface area (Å²) in [7, 11) is 1.50. The number of hydrogen-bond donors (Lipinski definition) is 1. The molecular weight excluding hydrogens is 416 g/mol. The molecule has 1 N–H and O–H groups in total. The summed E-state index contributed by atoms with van der Waals surface area (Å²) < 4.78 is 7.30. The molecule has 2 aromatic carbocycles. The van der Waals surface area contributed by atoms with Crippen molar-refractivity contribution >= 4 is 33.9 Å². The van der Waals surface area contributed by atoms with Gasteiger partial charge in [0, 0.05) is 5.75 Å². The first-order valence-electron chi connectivity index (χ1n) is 7.76. The first kappa shape index (κ1) is 18.5. The highest BCUT2D eigenvalue weighted by Gasteiger charge is 2.08. The maximum Gasteiger partial charge on any atom is 0.212 e. The van der Waals surface area contributed by atoms with E-state index in [0.29, 0.717) is 15.4 Å². The highest BCUT2D eigenvalue weighted by molar-refractivity contribution is 9.10. The van der Waals surface area contributed by atoms with E-state index in [9.17, 15) is 5.11 Å². The smallest absolute Gasteiger partial charge is 0.212 e. The molecule has 0 unspecified atom stereocenters. The highest BCUT2D eigenvalue weighted by Crippen LogP contribution is 2.34. The molecule has 8 heteroatoms. The number of methoxy groups -OCH3 is 1. The maximum atomic E-state index is 9.87. The molecule has 0 aliphatic carbocycles. The maximum absolute atomic E-state index is 9.87. The lowest BCUT2D eigenvalue weighted by Crippen LogP contribution is -1.94. The first-order chi connectivity index (χ1) is 12.6. The number of phenolic OH excluding ortho intramolecular Hbond substituents is 1. The number of aryl methyl sites for hydroxylation is 1. The average Bonchev–Trinajstić information content (AvgIpc) is 3.09. The molecule has 0 saturated heterocycles. The van der Waals surface area contributed by atoms with Crippen molar-refractivity contribution in [1.82, 2.24) is 14.9 Å². The van der Waals surface area contributed by atoms with Crippen LogP contribution in [0.25, 0.3) is 0 Å². The Morgan fingerprint density at radius 1 is 1.31 bits per heavy atom. The van der Waals surface area contributed by atoms with E-state index < -0.39 is 0 Å². The number of hydrogen-bond acceptors (Lipinski definition) is 6. The number of thioether (sulfide) groups is 1. The summed E-state index contributed by atoms with van der Waals surface area (Å²) in [6, 6.07) is 11.8. The molecule has 0 atom stereocenters. The third kappa shape index (κ3) is 4.44. The molecule has 0 spiro atoms. The zero-order chi connectivity index (χ0) is 18.5. The van der Waals surface area contributed by atoms with Crippen molar-refractivity contribution < 1.29 is 9.84 Å². The third-order valence-corrected chi connectivity index (χ3v) is 5.20. The normalized spacial score (nSPS) is 11.2. The predicted octanol–water partition coefficient (Wildman–Crippen LogP) is 4.24. The molecular formula is C18H17BrN4O2S. The number of phenols is 1. The van der Waals surface area contributed by atoms with Crippen molar-refractivity contribution in [3.63, 3.8) is 0 Å².